The molecule has 0 aliphatic heterocycles. The van der Waals surface area contributed by atoms with Crippen molar-refractivity contribution in [3.8, 4) is 0 Å². The fourth-order valence-electron chi connectivity index (χ4n) is 2.68. The highest BCUT2D eigenvalue weighted by Gasteiger charge is 2.21. The zero-order valence-corrected chi connectivity index (χ0v) is 14.0. The number of urea groups is 1. The summed E-state index contributed by atoms with van der Waals surface area (Å²) in [4.78, 5) is 18.1. The van der Waals surface area contributed by atoms with Crippen LogP contribution in [0.25, 0.3) is 0 Å². The average molecular weight is 308 g/mol. The normalized spacial score (nSPS) is 17.2. The van der Waals surface area contributed by atoms with Gasteiger partial charge < -0.3 is 14.7 Å². The van der Waals surface area contributed by atoms with Crippen molar-refractivity contribution >= 4 is 6.03 Å². The van der Waals surface area contributed by atoms with Gasteiger partial charge in [0, 0.05) is 32.0 Å². The first-order valence-corrected chi connectivity index (χ1v) is 8.44. The van der Waals surface area contributed by atoms with Crippen molar-refractivity contribution in [2.75, 3.05) is 13.6 Å². The Hall–Kier alpha value is -1.59. The van der Waals surface area contributed by atoms with Crippen LogP contribution < -0.4 is 5.32 Å². The molecule has 6 heteroatoms. The van der Waals surface area contributed by atoms with Crippen molar-refractivity contribution in [1.82, 2.24) is 20.4 Å². The molecule has 2 amide bonds. The Morgan fingerprint density at radius 2 is 2.14 bits per heavy atom. The summed E-state index contributed by atoms with van der Waals surface area (Å²) in [5.74, 6) is 1.91. The van der Waals surface area contributed by atoms with E-state index in [0.717, 1.165) is 25.2 Å². The fraction of sp³-hybridized carbons (Fsp3) is 0.812. The molecular weight excluding hydrogens is 280 g/mol. The van der Waals surface area contributed by atoms with E-state index in [1.165, 1.54) is 19.3 Å². The highest BCUT2D eigenvalue weighted by molar-refractivity contribution is 5.74. The molecule has 22 heavy (non-hydrogen) atoms. The Bertz CT molecular complexity index is 468. The lowest BCUT2D eigenvalue weighted by atomic mass is 9.89. The number of nitrogens with one attached hydrogen (secondary N) is 1. The molecule has 1 N–H and O–H groups in total. The van der Waals surface area contributed by atoms with E-state index in [2.05, 4.69) is 22.4 Å². The Morgan fingerprint density at radius 1 is 1.41 bits per heavy atom. The zero-order valence-electron chi connectivity index (χ0n) is 14.0. The molecule has 6 nitrogen and oxygen atoms in total. The SMILES string of the molecule is CCC(C)NC(=O)N(C)CCc1noc(C2CCCCC2)n1. The lowest BCUT2D eigenvalue weighted by molar-refractivity contribution is 0.205. The van der Waals surface area contributed by atoms with E-state index in [0.29, 0.717) is 24.7 Å². The number of hydrogen-bond acceptors (Lipinski definition) is 4. The molecule has 2 rings (SSSR count). The summed E-state index contributed by atoms with van der Waals surface area (Å²) in [6, 6.07) is 0.142. The van der Waals surface area contributed by atoms with Crippen molar-refractivity contribution in [3.05, 3.63) is 11.7 Å². The maximum absolute atomic E-state index is 11.9. The van der Waals surface area contributed by atoms with Gasteiger partial charge in [0.1, 0.15) is 0 Å². The largest absolute Gasteiger partial charge is 0.339 e. The number of rotatable bonds is 6. The molecule has 1 aliphatic rings. The molecule has 124 valence electrons. The molecule has 1 aromatic rings. The van der Waals surface area contributed by atoms with Crippen LogP contribution in [-0.4, -0.2) is 40.7 Å². The average Bonchev–Trinajstić information content (AvgIpc) is 3.02. The first-order valence-electron chi connectivity index (χ1n) is 8.44. The van der Waals surface area contributed by atoms with Gasteiger partial charge in [-0.05, 0) is 26.2 Å². The van der Waals surface area contributed by atoms with Crippen LogP contribution in [0.4, 0.5) is 4.79 Å². The summed E-state index contributed by atoms with van der Waals surface area (Å²) in [5, 5.41) is 7.00. The smallest absolute Gasteiger partial charge is 0.317 e. The van der Waals surface area contributed by atoms with E-state index in [1.807, 2.05) is 6.92 Å². The number of aromatic nitrogens is 2. The van der Waals surface area contributed by atoms with Gasteiger partial charge in [-0.25, -0.2) is 4.79 Å². The number of amides is 2. The topological polar surface area (TPSA) is 71.3 Å². The van der Waals surface area contributed by atoms with E-state index in [4.69, 9.17) is 4.52 Å². The van der Waals surface area contributed by atoms with Gasteiger partial charge in [0.2, 0.25) is 5.89 Å². The number of carbonyl (C=O) groups excluding carboxylic acids is 1. The second-order valence-electron chi connectivity index (χ2n) is 6.31. The second kappa shape index (κ2) is 8.15. The molecule has 1 saturated carbocycles. The lowest BCUT2D eigenvalue weighted by Crippen LogP contribution is -2.42. The quantitative estimate of drug-likeness (QED) is 0.876. The number of likely N-dealkylation sites (N-methyl/N-ethyl adjacent to an activating group) is 1. The minimum absolute atomic E-state index is 0.0506. The van der Waals surface area contributed by atoms with Crippen molar-refractivity contribution < 1.29 is 9.32 Å². The summed E-state index contributed by atoms with van der Waals surface area (Å²) in [6.45, 7) is 4.64. The standard InChI is InChI=1S/C16H28N4O2/c1-4-12(2)17-16(21)20(3)11-10-14-18-15(22-19-14)13-8-6-5-7-9-13/h12-13H,4-11H2,1-3H3,(H,17,21). The van der Waals surface area contributed by atoms with Crippen molar-refractivity contribution in [3.63, 3.8) is 0 Å². The van der Waals surface area contributed by atoms with Gasteiger partial charge in [-0.15, -0.1) is 0 Å². The van der Waals surface area contributed by atoms with Gasteiger partial charge in [0.05, 0.1) is 0 Å². The lowest BCUT2D eigenvalue weighted by Gasteiger charge is -2.20. The Morgan fingerprint density at radius 3 is 2.82 bits per heavy atom. The molecule has 0 spiro atoms. The molecule has 1 aliphatic carbocycles. The van der Waals surface area contributed by atoms with Gasteiger partial charge in [-0.1, -0.05) is 31.3 Å². The predicted molar refractivity (Wildman–Crippen MR) is 84.7 cm³/mol. The van der Waals surface area contributed by atoms with Crippen LogP contribution in [-0.2, 0) is 6.42 Å². The van der Waals surface area contributed by atoms with Crippen LogP contribution in [0.3, 0.4) is 0 Å². The highest BCUT2D eigenvalue weighted by Crippen LogP contribution is 2.31. The van der Waals surface area contributed by atoms with Gasteiger partial charge >= 0.3 is 6.03 Å². The monoisotopic (exact) mass is 308 g/mol. The number of nitrogens with zero attached hydrogens (tertiary/aromatic N) is 3. The third-order valence-corrected chi connectivity index (χ3v) is 4.44. The Balaban J connectivity index is 1.79. The summed E-state index contributed by atoms with van der Waals surface area (Å²) >= 11 is 0. The van der Waals surface area contributed by atoms with Crippen LogP contribution in [0, 0.1) is 0 Å². The molecule has 1 aromatic heterocycles. The highest BCUT2D eigenvalue weighted by atomic mass is 16.5. The van der Waals surface area contributed by atoms with Crippen molar-refractivity contribution in [2.45, 2.75) is 70.8 Å². The van der Waals surface area contributed by atoms with Crippen LogP contribution in [0.5, 0.6) is 0 Å². The van der Waals surface area contributed by atoms with Crippen LogP contribution in [0.1, 0.15) is 70.0 Å². The summed E-state index contributed by atoms with van der Waals surface area (Å²) in [5.41, 5.74) is 0. The van der Waals surface area contributed by atoms with Crippen molar-refractivity contribution in [1.29, 1.82) is 0 Å². The minimum Gasteiger partial charge on any atom is -0.339 e. The summed E-state index contributed by atoms with van der Waals surface area (Å²) < 4.78 is 5.40. The van der Waals surface area contributed by atoms with Gasteiger partial charge in [0.15, 0.2) is 5.82 Å². The van der Waals surface area contributed by atoms with Gasteiger partial charge in [0.25, 0.3) is 0 Å². The molecule has 1 unspecified atom stereocenters. The van der Waals surface area contributed by atoms with Crippen LogP contribution >= 0.6 is 0 Å². The molecule has 0 radical (unpaired) electrons. The molecular formula is C16H28N4O2. The van der Waals surface area contributed by atoms with E-state index in [9.17, 15) is 4.79 Å². The summed E-state index contributed by atoms with van der Waals surface area (Å²) in [6.07, 6.45) is 7.67. The molecule has 0 bridgehead atoms. The maximum atomic E-state index is 11.9. The van der Waals surface area contributed by atoms with E-state index in [-0.39, 0.29) is 12.1 Å². The number of hydrogen-bond donors (Lipinski definition) is 1. The molecule has 1 fully saturated rings. The predicted octanol–water partition coefficient (Wildman–Crippen LogP) is 3.10. The Kier molecular flexibility index (Phi) is 6.21. The van der Waals surface area contributed by atoms with E-state index < -0.39 is 0 Å². The molecule has 0 aromatic carbocycles. The minimum atomic E-state index is -0.0506. The third-order valence-electron chi connectivity index (χ3n) is 4.44. The first-order chi connectivity index (χ1) is 10.6. The first kappa shape index (κ1) is 16.8. The molecule has 1 heterocycles. The summed E-state index contributed by atoms with van der Waals surface area (Å²) in [7, 11) is 1.79. The van der Waals surface area contributed by atoms with E-state index >= 15 is 0 Å². The van der Waals surface area contributed by atoms with Crippen LogP contribution in [0.15, 0.2) is 4.52 Å². The Labute approximate surface area is 132 Å². The third kappa shape index (κ3) is 4.71. The molecule has 0 saturated heterocycles. The molecule has 1 atom stereocenters. The van der Waals surface area contributed by atoms with Crippen molar-refractivity contribution in [2.24, 2.45) is 0 Å². The van der Waals surface area contributed by atoms with Crippen LogP contribution in [0.2, 0.25) is 0 Å². The van der Waals surface area contributed by atoms with Gasteiger partial charge in [-0.2, -0.15) is 4.98 Å². The van der Waals surface area contributed by atoms with E-state index in [1.54, 1.807) is 11.9 Å². The second-order valence-corrected chi connectivity index (χ2v) is 6.31. The fourth-order valence-corrected chi connectivity index (χ4v) is 2.68. The van der Waals surface area contributed by atoms with Gasteiger partial charge in [-0.3, -0.25) is 0 Å². The number of carbonyl (C=O) groups is 1. The maximum Gasteiger partial charge on any atom is 0.317 e. The zero-order chi connectivity index (χ0) is 15.9.